The summed E-state index contributed by atoms with van der Waals surface area (Å²) in [4.78, 5) is 22.4. The molecule has 2 atom stereocenters. The van der Waals surface area contributed by atoms with Gasteiger partial charge in [0.25, 0.3) is 0 Å². The Balaban J connectivity index is -0.000000709. The molecule has 0 spiro atoms. The highest BCUT2D eigenvalue weighted by Gasteiger charge is 2.18. The number of ether oxygens (including phenoxy) is 2. The van der Waals surface area contributed by atoms with Gasteiger partial charge in [0.2, 0.25) is 0 Å². The normalized spacial score (nSPS) is 12.0. The highest BCUT2D eigenvalue weighted by Crippen LogP contribution is 2.06. The number of carbonyl (C=O) groups excluding carboxylic acids is 2. The van der Waals surface area contributed by atoms with Crippen LogP contribution in [0.25, 0.3) is 0 Å². The Morgan fingerprint density at radius 2 is 1.56 bits per heavy atom. The van der Waals surface area contributed by atoms with E-state index < -0.39 is 27.1 Å². The zero-order valence-corrected chi connectivity index (χ0v) is 19.8. The van der Waals surface area contributed by atoms with Crippen molar-refractivity contribution in [2.24, 2.45) is 0 Å². The highest BCUT2D eigenvalue weighted by atomic mass is 28.3. The van der Waals surface area contributed by atoms with E-state index in [1.54, 1.807) is 6.92 Å². The average Bonchev–Trinajstić information content (AvgIpc) is 2.57. The molecule has 0 amide bonds. The number of hydrogen-bond donors (Lipinski definition) is 0. The van der Waals surface area contributed by atoms with E-state index in [2.05, 4.69) is 46.6 Å². The van der Waals surface area contributed by atoms with Crippen LogP contribution in [0, 0.1) is 0 Å². The molecule has 0 aliphatic rings. The topological polar surface area (TPSA) is 61.8 Å². The predicted octanol–water partition coefficient (Wildman–Crippen LogP) is 4.50. The predicted molar refractivity (Wildman–Crippen MR) is 121 cm³/mol. The number of hydrogen-bond acceptors (Lipinski definition) is 5. The molecule has 0 bridgehead atoms. The third kappa shape index (κ3) is 21.0. The van der Waals surface area contributed by atoms with Crippen molar-refractivity contribution >= 4 is 29.8 Å². The lowest BCUT2D eigenvalue weighted by Crippen LogP contribution is -2.33. The zero-order valence-electron chi connectivity index (χ0n) is 17.5. The second kappa shape index (κ2) is 19.6. The van der Waals surface area contributed by atoms with Crippen LogP contribution in [-0.4, -0.2) is 49.1 Å². The van der Waals surface area contributed by atoms with Gasteiger partial charge in [-0.2, -0.15) is 0 Å². The Bertz CT molecular complexity index is 425. The molecule has 0 aromatic heterocycles. The molecule has 0 fully saturated rings. The van der Waals surface area contributed by atoms with Crippen LogP contribution in [0.3, 0.4) is 0 Å². The van der Waals surface area contributed by atoms with Crippen molar-refractivity contribution in [1.29, 1.82) is 0 Å². The summed E-state index contributed by atoms with van der Waals surface area (Å²) in [6.45, 7) is 19.7. The summed E-state index contributed by atoms with van der Waals surface area (Å²) in [6.07, 6.45) is 3.08. The van der Waals surface area contributed by atoms with E-state index in [1.165, 1.54) is 12.5 Å². The molecule has 2 unspecified atom stereocenters. The summed E-state index contributed by atoms with van der Waals surface area (Å²) in [6, 6.07) is 2.53. The molecule has 0 aliphatic heterocycles. The zero-order chi connectivity index (χ0) is 20.5. The van der Waals surface area contributed by atoms with Crippen LogP contribution in [-0.2, 0) is 23.5 Å². The van der Waals surface area contributed by atoms with Gasteiger partial charge in [-0.1, -0.05) is 66.4 Å². The molecule has 0 heterocycles. The fourth-order valence-corrected chi connectivity index (χ4v) is 4.95. The maximum absolute atomic E-state index is 11.4. The molecule has 0 aliphatic carbocycles. The Morgan fingerprint density at radius 1 is 1.04 bits per heavy atom. The molecule has 0 saturated carbocycles. The van der Waals surface area contributed by atoms with Crippen molar-refractivity contribution in [3.63, 3.8) is 0 Å². The number of carbonyl (C=O) groups is 2. The summed E-state index contributed by atoms with van der Waals surface area (Å²) in [7, 11) is -1.52. The molecule has 7 heteroatoms. The summed E-state index contributed by atoms with van der Waals surface area (Å²) in [5, 5.41) is 0. The largest absolute Gasteiger partial charge is 0.460 e. The fraction of sp³-hybridized carbons (Fsp3) is 0.700. The van der Waals surface area contributed by atoms with E-state index in [-0.39, 0.29) is 29.4 Å². The molecule has 160 valence electrons. The molecular weight excluding hydrogens is 376 g/mol. The molecule has 5 nitrogen and oxygen atoms in total. The Morgan fingerprint density at radius 3 is 1.93 bits per heavy atom. The van der Waals surface area contributed by atoms with Gasteiger partial charge < -0.3 is 13.9 Å². The summed E-state index contributed by atoms with van der Waals surface area (Å²) < 4.78 is 15.8. The van der Waals surface area contributed by atoms with E-state index in [0.717, 1.165) is 18.5 Å². The minimum Gasteiger partial charge on any atom is -0.460 e. The molecule has 0 N–H and O–H groups in total. The average molecular weight is 419 g/mol. The molecule has 0 saturated heterocycles. The van der Waals surface area contributed by atoms with Gasteiger partial charge in [-0.05, 0) is 19.5 Å². The first-order chi connectivity index (χ1) is 12.2. The monoisotopic (exact) mass is 418 g/mol. The molecule has 0 rings (SSSR count). The quantitative estimate of drug-likeness (QED) is 0.265. The van der Waals surface area contributed by atoms with Crippen molar-refractivity contribution in [3.8, 4) is 0 Å². The molecule has 0 aromatic carbocycles. The fourth-order valence-electron chi connectivity index (χ4n) is 2.03. The first-order valence-corrected chi connectivity index (χ1v) is 15.0. The maximum atomic E-state index is 11.4. The maximum Gasteiger partial charge on any atom is 0.333 e. The smallest absolute Gasteiger partial charge is 0.333 e. The second-order valence-corrected chi connectivity index (χ2v) is 12.6. The Hall–Kier alpha value is -1.19. The van der Waals surface area contributed by atoms with Gasteiger partial charge in [-0.15, -0.1) is 0 Å². The van der Waals surface area contributed by atoms with E-state index in [1.807, 2.05) is 0 Å². The number of rotatable bonds is 12. The van der Waals surface area contributed by atoms with Crippen molar-refractivity contribution < 1.29 is 23.5 Å². The van der Waals surface area contributed by atoms with Gasteiger partial charge in [-0.25, -0.2) is 9.59 Å². The first-order valence-electron chi connectivity index (χ1n) is 9.44. The van der Waals surface area contributed by atoms with Crippen LogP contribution in [0.15, 0.2) is 24.8 Å². The van der Waals surface area contributed by atoms with E-state index in [0.29, 0.717) is 5.57 Å². The van der Waals surface area contributed by atoms with E-state index in [4.69, 9.17) is 13.9 Å². The van der Waals surface area contributed by atoms with E-state index >= 15 is 0 Å². The third-order valence-corrected chi connectivity index (χ3v) is 7.28. The number of esters is 2. The SMILES string of the molecule is C.C=CC(=O)OCC(COC(=O)C(=C)C)O[SiH](C)CCC.CCC[SiH](C)C. The standard InChI is InChI=1S/C14H24O5Si.C5H14Si.CH4/c1-6-8-20(5)19-12(9-17-13(15)7-2)10-18-14(16)11(3)4;1-4-5-6(2)3;/h7,12,20H,2-3,6,8-10H2,1,4-5H3;6H,4-5H2,1-3H3;1H4. The van der Waals surface area contributed by atoms with Crippen LogP contribution >= 0.6 is 0 Å². The first kappa shape index (κ1) is 30.5. The molecule has 0 aromatic rings. The van der Waals surface area contributed by atoms with Gasteiger partial charge in [0.05, 0.1) is 0 Å². The van der Waals surface area contributed by atoms with Crippen LogP contribution < -0.4 is 0 Å². The van der Waals surface area contributed by atoms with Crippen LogP contribution in [0.1, 0.15) is 41.0 Å². The summed E-state index contributed by atoms with van der Waals surface area (Å²) >= 11 is 0. The van der Waals surface area contributed by atoms with E-state index in [9.17, 15) is 9.59 Å². The van der Waals surface area contributed by atoms with Crippen LogP contribution in [0.2, 0.25) is 31.7 Å². The van der Waals surface area contributed by atoms with Gasteiger partial charge in [0, 0.05) is 20.4 Å². The molecule has 0 radical (unpaired) electrons. The lowest BCUT2D eigenvalue weighted by atomic mass is 10.3. The highest BCUT2D eigenvalue weighted by molar-refractivity contribution is 6.55. The lowest BCUT2D eigenvalue weighted by molar-refractivity contribution is -0.146. The minimum absolute atomic E-state index is 0. The second-order valence-electron chi connectivity index (χ2n) is 6.75. The van der Waals surface area contributed by atoms with Crippen molar-refractivity contribution in [2.75, 3.05) is 13.2 Å². The Kier molecular flexibility index (Phi) is 22.1. The van der Waals surface area contributed by atoms with Gasteiger partial charge in [0.15, 0.2) is 9.04 Å². The van der Waals surface area contributed by atoms with Gasteiger partial charge >= 0.3 is 11.9 Å². The minimum atomic E-state index is -1.35. The molecular formula is C20H42O5Si2. The van der Waals surface area contributed by atoms with Crippen molar-refractivity contribution in [2.45, 2.75) is 78.9 Å². The van der Waals surface area contributed by atoms with Crippen molar-refractivity contribution in [3.05, 3.63) is 24.8 Å². The summed E-state index contributed by atoms with van der Waals surface area (Å²) in [5.74, 6) is -0.993. The van der Waals surface area contributed by atoms with Crippen molar-refractivity contribution in [1.82, 2.24) is 0 Å². The van der Waals surface area contributed by atoms with Gasteiger partial charge in [-0.3, -0.25) is 0 Å². The third-order valence-electron chi connectivity index (χ3n) is 3.31. The van der Waals surface area contributed by atoms with Crippen LogP contribution in [0.5, 0.6) is 0 Å². The summed E-state index contributed by atoms with van der Waals surface area (Å²) in [5.41, 5.74) is 0.325. The Labute approximate surface area is 170 Å². The molecule has 27 heavy (non-hydrogen) atoms. The van der Waals surface area contributed by atoms with Gasteiger partial charge in [0.1, 0.15) is 19.3 Å². The van der Waals surface area contributed by atoms with Crippen LogP contribution in [0.4, 0.5) is 0 Å². The lowest BCUT2D eigenvalue weighted by Gasteiger charge is -2.21.